The molecular formula is C12H26N2O2. The third-order valence-electron chi connectivity index (χ3n) is 2.49. The van der Waals surface area contributed by atoms with Crippen LogP contribution in [0.25, 0.3) is 0 Å². The predicted molar refractivity (Wildman–Crippen MR) is 66.2 cm³/mol. The summed E-state index contributed by atoms with van der Waals surface area (Å²) in [6.07, 6.45) is 0.731. The molecule has 16 heavy (non-hydrogen) atoms. The highest BCUT2D eigenvalue weighted by Crippen LogP contribution is 2.08. The first kappa shape index (κ1) is 15.4. The van der Waals surface area contributed by atoms with Crippen LogP contribution >= 0.6 is 0 Å². The smallest absolute Gasteiger partial charge is 0.239 e. The molecule has 0 aromatic carbocycles. The van der Waals surface area contributed by atoms with Crippen LogP contribution in [0.5, 0.6) is 0 Å². The van der Waals surface area contributed by atoms with Gasteiger partial charge in [-0.25, -0.2) is 0 Å². The van der Waals surface area contributed by atoms with Crippen molar-refractivity contribution in [2.45, 2.75) is 46.2 Å². The molecular weight excluding hydrogens is 204 g/mol. The summed E-state index contributed by atoms with van der Waals surface area (Å²) >= 11 is 0. The van der Waals surface area contributed by atoms with E-state index in [1.807, 2.05) is 13.8 Å². The van der Waals surface area contributed by atoms with E-state index >= 15 is 0 Å². The first-order valence-corrected chi connectivity index (χ1v) is 5.95. The summed E-state index contributed by atoms with van der Waals surface area (Å²) in [6.45, 7) is 9.30. The van der Waals surface area contributed by atoms with Gasteiger partial charge in [-0.3, -0.25) is 4.79 Å². The van der Waals surface area contributed by atoms with Crippen LogP contribution in [0.15, 0.2) is 0 Å². The van der Waals surface area contributed by atoms with E-state index in [1.165, 1.54) is 0 Å². The third-order valence-corrected chi connectivity index (χ3v) is 2.49. The monoisotopic (exact) mass is 230 g/mol. The highest BCUT2D eigenvalue weighted by Gasteiger charge is 2.23. The number of rotatable bonds is 7. The average molecular weight is 230 g/mol. The quantitative estimate of drug-likeness (QED) is 0.716. The van der Waals surface area contributed by atoms with Crippen molar-refractivity contribution in [2.75, 3.05) is 20.3 Å². The zero-order valence-electron chi connectivity index (χ0n) is 11.2. The van der Waals surface area contributed by atoms with Crippen molar-refractivity contribution < 1.29 is 9.53 Å². The molecule has 4 nitrogen and oxygen atoms in total. The van der Waals surface area contributed by atoms with Crippen LogP contribution in [0.3, 0.4) is 0 Å². The lowest BCUT2D eigenvalue weighted by Gasteiger charge is -2.29. The van der Waals surface area contributed by atoms with Crippen molar-refractivity contribution in [2.24, 2.45) is 11.7 Å². The van der Waals surface area contributed by atoms with Crippen molar-refractivity contribution in [3.05, 3.63) is 0 Å². The van der Waals surface area contributed by atoms with E-state index in [0.717, 1.165) is 6.42 Å². The lowest BCUT2D eigenvalue weighted by atomic mass is 10.0. The molecule has 0 heterocycles. The molecule has 0 aliphatic heterocycles. The Kier molecular flexibility index (Phi) is 7.34. The van der Waals surface area contributed by atoms with E-state index in [1.54, 1.807) is 12.0 Å². The first-order chi connectivity index (χ1) is 7.40. The molecule has 0 fully saturated rings. The fourth-order valence-electron chi connectivity index (χ4n) is 1.63. The van der Waals surface area contributed by atoms with Gasteiger partial charge in [0, 0.05) is 19.7 Å². The zero-order chi connectivity index (χ0) is 12.7. The summed E-state index contributed by atoms with van der Waals surface area (Å²) in [5.41, 5.74) is 5.90. The third kappa shape index (κ3) is 5.47. The second kappa shape index (κ2) is 7.63. The highest BCUT2D eigenvalue weighted by molar-refractivity contribution is 5.81. The summed E-state index contributed by atoms with van der Waals surface area (Å²) in [5, 5.41) is 0. The van der Waals surface area contributed by atoms with Crippen LogP contribution in [-0.2, 0) is 9.53 Å². The van der Waals surface area contributed by atoms with Gasteiger partial charge in [0.15, 0.2) is 0 Å². The van der Waals surface area contributed by atoms with Crippen LogP contribution in [-0.4, -0.2) is 43.2 Å². The molecule has 1 atom stereocenters. The molecule has 0 rings (SSSR count). The highest BCUT2D eigenvalue weighted by atomic mass is 16.5. The molecule has 0 bridgehead atoms. The molecule has 4 heteroatoms. The Balaban J connectivity index is 4.36. The van der Waals surface area contributed by atoms with E-state index in [-0.39, 0.29) is 18.0 Å². The molecule has 0 aromatic heterocycles. The van der Waals surface area contributed by atoms with Gasteiger partial charge in [0.25, 0.3) is 0 Å². The van der Waals surface area contributed by atoms with Crippen LogP contribution < -0.4 is 5.73 Å². The summed E-state index contributed by atoms with van der Waals surface area (Å²) in [5.74, 6) is 0.469. The summed E-state index contributed by atoms with van der Waals surface area (Å²) in [4.78, 5) is 13.9. The number of ether oxygens (including phenoxy) is 1. The number of hydrogen-bond acceptors (Lipinski definition) is 3. The van der Waals surface area contributed by atoms with Crippen LogP contribution in [0.4, 0.5) is 0 Å². The van der Waals surface area contributed by atoms with E-state index in [9.17, 15) is 4.79 Å². The molecule has 0 aliphatic carbocycles. The van der Waals surface area contributed by atoms with E-state index in [4.69, 9.17) is 10.5 Å². The number of nitrogens with zero attached hydrogens (tertiary/aromatic N) is 1. The van der Waals surface area contributed by atoms with Gasteiger partial charge < -0.3 is 15.4 Å². The van der Waals surface area contributed by atoms with Gasteiger partial charge in [-0.1, -0.05) is 13.8 Å². The lowest BCUT2D eigenvalue weighted by Crippen LogP contribution is -2.48. The fraction of sp³-hybridized carbons (Fsp3) is 0.917. The van der Waals surface area contributed by atoms with Crippen molar-refractivity contribution in [1.82, 2.24) is 4.90 Å². The Morgan fingerprint density at radius 2 is 1.88 bits per heavy atom. The molecule has 0 radical (unpaired) electrons. The maximum absolute atomic E-state index is 12.1. The Bertz CT molecular complexity index is 205. The van der Waals surface area contributed by atoms with Crippen LogP contribution in [0, 0.1) is 5.92 Å². The van der Waals surface area contributed by atoms with Gasteiger partial charge >= 0.3 is 0 Å². The number of carbonyl (C=O) groups is 1. The van der Waals surface area contributed by atoms with Gasteiger partial charge in [0.05, 0.1) is 12.6 Å². The summed E-state index contributed by atoms with van der Waals surface area (Å²) < 4.78 is 5.00. The van der Waals surface area contributed by atoms with Crippen molar-refractivity contribution >= 4 is 5.91 Å². The number of nitrogens with two attached hydrogens (primary N) is 1. The topological polar surface area (TPSA) is 55.6 Å². The largest absolute Gasteiger partial charge is 0.383 e. The molecule has 0 saturated heterocycles. The Labute approximate surface area is 99.1 Å². The average Bonchev–Trinajstić information content (AvgIpc) is 2.16. The Hall–Kier alpha value is -0.610. The van der Waals surface area contributed by atoms with Crippen molar-refractivity contribution in [1.29, 1.82) is 0 Å². The maximum atomic E-state index is 12.1. The van der Waals surface area contributed by atoms with Gasteiger partial charge in [0.2, 0.25) is 5.91 Å². The minimum absolute atomic E-state index is 0.0285. The number of hydrogen-bond donors (Lipinski definition) is 1. The molecule has 0 spiro atoms. The molecule has 1 amide bonds. The standard InChI is InChI=1S/C12H26N2O2/c1-9(2)8-11(13)12(15)14(10(3)4)6-7-16-5/h9-11H,6-8,13H2,1-5H3. The molecule has 96 valence electrons. The minimum atomic E-state index is -0.390. The predicted octanol–water partition coefficient (Wildman–Crippen LogP) is 1.24. The second-order valence-electron chi connectivity index (χ2n) is 4.85. The van der Waals surface area contributed by atoms with Gasteiger partial charge in [-0.15, -0.1) is 0 Å². The lowest BCUT2D eigenvalue weighted by molar-refractivity contribution is -0.135. The Morgan fingerprint density at radius 3 is 2.25 bits per heavy atom. The normalized spacial score (nSPS) is 13.2. The number of methoxy groups -OCH3 is 1. The molecule has 2 N–H and O–H groups in total. The molecule has 0 saturated carbocycles. The molecule has 1 unspecified atom stereocenters. The maximum Gasteiger partial charge on any atom is 0.239 e. The summed E-state index contributed by atoms with van der Waals surface area (Å²) in [7, 11) is 1.64. The van der Waals surface area contributed by atoms with E-state index in [2.05, 4.69) is 13.8 Å². The fourth-order valence-corrected chi connectivity index (χ4v) is 1.63. The molecule has 0 aromatic rings. The SMILES string of the molecule is COCCN(C(=O)C(N)CC(C)C)C(C)C. The number of carbonyl (C=O) groups excluding carboxylic acids is 1. The zero-order valence-corrected chi connectivity index (χ0v) is 11.2. The van der Waals surface area contributed by atoms with E-state index < -0.39 is 0 Å². The van der Waals surface area contributed by atoms with Gasteiger partial charge in [-0.2, -0.15) is 0 Å². The Morgan fingerprint density at radius 1 is 1.31 bits per heavy atom. The number of amides is 1. The van der Waals surface area contributed by atoms with Crippen LogP contribution in [0.1, 0.15) is 34.1 Å². The second-order valence-corrected chi connectivity index (χ2v) is 4.85. The minimum Gasteiger partial charge on any atom is -0.383 e. The summed E-state index contributed by atoms with van der Waals surface area (Å²) in [6, 6.07) is -0.222. The first-order valence-electron chi connectivity index (χ1n) is 5.95. The van der Waals surface area contributed by atoms with Crippen LogP contribution in [0.2, 0.25) is 0 Å². The van der Waals surface area contributed by atoms with Gasteiger partial charge in [-0.05, 0) is 26.2 Å². The van der Waals surface area contributed by atoms with E-state index in [0.29, 0.717) is 19.1 Å². The van der Waals surface area contributed by atoms with Gasteiger partial charge in [0.1, 0.15) is 0 Å². The molecule has 0 aliphatic rings. The van der Waals surface area contributed by atoms with Crippen molar-refractivity contribution in [3.63, 3.8) is 0 Å². The van der Waals surface area contributed by atoms with Crippen molar-refractivity contribution in [3.8, 4) is 0 Å².